The van der Waals surface area contributed by atoms with E-state index in [1.54, 1.807) is 0 Å². The summed E-state index contributed by atoms with van der Waals surface area (Å²) in [7, 11) is 0.833. The van der Waals surface area contributed by atoms with Crippen LogP contribution in [0.4, 0.5) is 0 Å². The van der Waals surface area contributed by atoms with Crippen molar-refractivity contribution in [1.82, 2.24) is 9.80 Å². The fourth-order valence-corrected chi connectivity index (χ4v) is 5.07. The van der Waals surface area contributed by atoms with E-state index in [1.807, 2.05) is 23.9 Å². The van der Waals surface area contributed by atoms with Crippen LogP contribution in [-0.4, -0.2) is 68.9 Å². The maximum atomic E-state index is 12.2. The second-order valence-electron chi connectivity index (χ2n) is 6.40. The van der Waals surface area contributed by atoms with Crippen LogP contribution in [0.5, 0.6) is 0 Å². The Kier molecular flexibility index (Phi) is 5.07. The van der Waals surface area contributed by atoms with Gasteiger partial charge in [0.25, 0.3) is 0 Å². The number of carbonyl (C=O) groups excluding carboxylic acids is 1. The summed E-state index contributed by atoms with van der Waals surface area (Å²) in [6.07, 6.45) is 5.68. The molecule has 0 radical (unpaired) electrons. The number of hydrogen-bond acceptors (Lipinski definition) is 4. The predicted molar refractivity (Wildman–Crippen MR) is 79.3 cm³/mol. The van der Waals surface area contributed by atoms with Gasteiger partial charge >= 0.3 is 0 Å². The topological polar surface area (TPSA) is 57.7 Å². The van der Waals surface area contributed by atoms with Gasteiger partial charge in [-0.3, -0.25) is 9.69 Å². The molecule has 2 fully saturated rings. The van der Waals surface area contributed by atoms with Crippen LogP contribution in [0.3, 0.4) is 0 Å². The second-order valence-corrected chi connectivity index (χ2v) is 8.63. The monoisotopic (exact) mass is 302 g/mol. The number of likely N-dealkylation sites (N-methyl/N-ethyl adjacent to an activating group) is 2. The molecule has 0 aromatic heterocycles. The van der Waals surface area contributed by atoms with Crippen molar-refractivity contribution in [3.8, 4) is 0 Å². The molecule has 116 valence electrons. The second kappa shape index (κ2) is 6.43. The van der Waals surface area contributed by atoms with E-state index in [0.29, 0.717) is 18.9 Å². The first-order chi connectivity index (χ1) is 9.37. The van der Waals surface area contributed by atoms with Gasteiger partial charge < -0.3 is 4.90 Å². The number of hydrogen-bond donors (Lipinski definition) is 0. The first-order valence-electron chi connectivity index (χ1n) is 7.52. The van der Waals surface area contributed by atoms with Gasteiger partial charge in [-0.2, -0.15) is 0 Å². The first kappa shape index (κ1) is 15.8. The smallest absolute Gasteiger partial charge is 0.236 e. The molecule has 6 heteroatoms. The minimum atomic E-state index is -2.88. The van der Waals surface area contributed by atoms with E-state index in [0.717, 1.165) is 6.54 Å². The number of amides is 1. The highest BCUT2D eigenvalue weighted by Gasteiger charge is 2.31. The summed E-state index contributed by atoms with van der Waals surface area (Å²) >= 11 is 0. The quantitative estimate of drug-likeness (QED) is 0.752. The summed E-state index contributed by atoms with van der Waals surface area (Å²) < 4.78 is 22.9. The molecule has 1 saturated heterocycles. The van der Waals surface area contributed by atoms with Gasteiger partial charge in [0.1, 0.15) is 0 Å². The molecule has 1 amide bonds. The van der Waals surface area contributed by atoms with Crippen LogP contribution < -0.4 is 0 Å². The Labute approximate surface area is 122 Å². The van der Waals surface area contributed by atoms with Crippen molar-refractivity contribution in [2.75, 3.05) is 38.7 Å². The van der Waals surface area contributed by atoms with E-state index < -0.39 is 9.84 Å². The molecule has 0 N–H and O–H groups in total. The molecule has 1 atom stereocenters. The maximum Gasteiger partial charge on any atom is 0.236 e. The van der Waals surface area contributed by atoms with Gasteiger partial charge in [-0.05, 0) is 32.2 Å². The molecule has 0 bridgehead atoms. The van der Waals surface area contributed by atoms with Crippen LogP contribution in [0.2, 0.25) is 0 Å². The lowest BCUT2D eigenvalue weighted by Crippen LogP contribution is -2.43. The maximum absolute atomic E-state index is 12.2. The Morgan fingerprint density at radius 3 is 2.35 bits per heavy atom. The molecule has 0 spiro atoms. The Hall–Kier alpha value is -0.620. The summed E-state index contributed by atoms with van der Waals surface area (Å²) in [4.78, 5) is 15.9. The van der Waals surface area contributed by atoms with Crippen LogP contribution in [0, 0.1) is 5.92 Å². The summed E-state index contributed by atoms with van der Waals surface area (Å²) in [5, 5.41) is 0. The molecule has 2 aliphatic rings. The van der Waals surface area contributed by atoms with E-state index >= 15 is 0 Å². The number of carbonyl (C=O) groups is 1. The third kappa shape index (κ3) is 4.19. The summed E-state index contributed by atoms with van der Waals surface area (Å²) in [6, 6.07) is 0.00355. The zero-order chi connectivity index (χ0) is 14.8. The molecule has 2 rings (SSSR count). The summed E-state index contributed by atoms with van der Waals surface area (Å²) in [5.41, 5.74) is 0. The molecule has 1 aliphatic heterocycles. The number of rotatable bonds is 5. The van der Waals surface area contributed by atoms with Gasteiger partial charge in [-0.15, -0.1) is 0 Å². The SMILES string of the molecule is CN(CC1CCCC1)C(=O)CN(C)C1CCS(=O)(=O)C1. The zero-order valence-electron chi connectivity index (χ0n) is 12.5. The minimum absolute atomic E-state index is 0.00355. The Morgan fingerprint density at radius 1 is 1.15 bits per heavy atom. The van der Waals surface area contributed by atoms with E-state index in [4.69, 9.17) is 0 Å². The van der Waals surface area contributed by atoms with Crippen molar-refractivity contribution in [1.29, 1.82) is 0 Å². The third-order valence-corrected chi connectivity index (χ3v) is 6.40. The lowest BCUT2D eigenvalue weighted by molar-refractivity contribution is -0.131. The number of sulfone groups is 1. The van der Waals surface area contributed by atoms with E-state index in [9.17, 15) is 13.2 Å². The lowest BCUT2D eigenvalue weighted by Gasteiger charge is -2.27. The Balaban J connectivity index is 1.78. The van der Waals surface area contributed by atoms with Crippen LogP contribution in [-0.2, 0) is 14.6 Å². The Bertz CT molecular complexity index is 443. The van der Waals surface area contributed by atoms with Gasteiger partial charge in [-0.25, -0.2) is 8.42 Å². The van der Waals surface area contributed by atoms with Gasteiger partial charge in [0.05, 0.1) is 18.1 Å². The van der Waals surface area contributed by atoms with Gasteiger partial charge in [0.2, 0.25) is 5.91 Å². The van der Waals surface area contributed by atoms with Crippen molar-refractivity contribution in [3.63, 3.8) is 0 Å². The van der Waals surface area contributed by atoms with Crippen LogP contribution in [0.1, 0.15) is 32.1 Å². The van der Waals surface area contributed by atoms with E-state index in [-0.39, 0.29) is 23.5 Å². The van der Waals surface area contributed by atoms with Crippen molar-refractivity contribution >= 4 is 15.7 Å². The fourth-order valence-electron chi connectivity index (χ4n) is 3.27. The highest BCUT2D eigenvalue weighted by molar-refractivity contribution is 7.91. The van der Waals surface area contributed by atoms with Crippen LogP contribution in [0.15, 0.2) is 0 Å². The molecule has 1 aliphatic carbocycles. The molecular weight excluding hydrogens is 276 g/mol. The molecule has 1 heterocycles. The molecule has 5 nitrogen and oxygen atoms in total. The van der Waals surface area contributed by atoms with E-state index in [2.05, 4.69) is 0 Å². The largest absolute Gasteiger partial charge is 0.344 e. The molecule has 1 unspecified atom stereocenters. The minimum Gasteiger partial charge on any atom is -0.344 e. The van der Waals surface area contributed by atoms with Gasteiger partial charge in [0.15, 0.2) is 9.84 Å². The molecular formula is C14H26N2O3S. The molecule has 1 saturated carbocycles. The van der Waals surface area contributed by atoms with E-state index in [1.165, 1.54) is 25.7 Å². The van der Waals surface area contributed by atoms with Crippen molar-refractivity contribution in [3.05, 3.63) is 0 Å². The standard InChI is InChI=1S/C14H26N2O3S/c1-15(13-7-8-20(18,19)11-13)10-14(17)16(2)9-12-5-3-4-6-12/h12-13H,3-11H2,1-2H3. The van der Waals surface area contributed by atoms with Gasteiger partial charge in [-0.1, -0.05) is 12.8 Å². The zero-order valence-corrected chi connectivity index (χ0v) is 13.4. The van der Waals surface area contributed by atoms with Crippen molar-refractivity contribution < 1.29 is 13.2 Å². The first-order valence-corrected chi connectivity index (χ1v) is 9.34. The van der Waals surface area contributed by atoms with Gasteiger partial charge in [0, 0.05) is 19.6 Å². The Morgan fingerprint density at radius 2 is 1.80 bits per heavy atom. The van der Waals surface area contributed by atoms with Crippen molar-refractivity contribution in [2.45, 2.75) is 38.1 Å². The number of nitrogens with zero attached hydrogens (tertiary/aromatic N) is 2. The summed E-state index contributed by atoms with van der Waals surface area (Å²) in [6.45, 7) is 1.17. The molecule has 0 aromatic carbocycles. The third-order valence-electron chi connectivity index (χ3n) is 4.65. The van der Waals surface area contributed by atoms with Crippen molar-refractivity contribution in [2.24, 2.45) is 5.92 Å². The highest BCUT2D eigenvalue weighted by atomic mass is 32.2. The fraction of sp³-hybridized carbons (Fsp3) is 0.929. The molecule has 0 aromatic rings. The van der Waals surface area contributed by atoms with Crippen LogP contribution >= 0.6 is 0 Å². The summed E-state index contributed by atoms with van der Waals surface area (Å²) in [5.74, 6) is 1.21. The normalized spacial score (nSPS) is 26.2. The average molecular weight is 302 g/mol. The lowest BCUT2D eigenvalue weighted by atomic mass is 10.1. The highest BCUT2D eigenvalue weighted by Crippen LogP contribution is 2.25. The van der Waals surface area contributed by atoms with Crippen LogP contribution in [0.25, 0.3) is 0 Å². The molecule has 20 heavy (non-hydrogen) atoms. The predicted octanol–water partition coefficient (Wildman–Crippen LogP) is 0.754. The average Bonchev–Trinajstić information content (AvgIpc) is 2.98.